The molecule has 1 atom stereocenters. The van der Waals surface area contributed by atoms with E-state index in [1.807, 2.05) is 18.2 Å². The number of aromatic nitrogens is 1. The van der Waals surface area contributed by atoms with Crippen molar-refractivity contribution in [3.63, 3.8) is 0 Å². The number of hydrogen-bond acceptors (Lipinski definition) is 4. The van der Waals surface area contributed by atoms with Crippen LogP contribution in [0.1, 0.15) is 29.3 Å². The summed E-state index contributed by atoms with van der Waals surface area (Å²) in [6.45, 7) is 2.44. The van der Waals surface area contributed by atoms with Crippen LogP contribution in [0.5, 0.6) is 17.2 Å². The molecule has 4 rings (SSSR count). The second kappa shape index (κ2) is 8.79. The molecule has 0 saturated heterocycles. The van der Waals surface area contributed by atoms with Gasteiger partial charge in [0, 0.05) is 37.1 Å². The molecule has 1 unspecified atom stereocenters. The maximum atomic E-state index is 13.8. The van der Waals surface area contributed by atoms with Crippen LogP contribution in [-0.4, -0.2) is 37.3 Å². The zero-order chi connectivity index (χ0) is 21.1. The second-order valence-electron chi connectivity index (χ2n) is 7.41. The van der Waals surface area contributed by atoms with Crippen LogP contribution < -0.4 is 14.2 Å². The average Bonchev–Trinajstić information content (AvgIpc) is 3.14. The van der Waals surface area contributed by atoms with Crippen molar-refractivity contribution in [3.8, 4) is 17.2 Å². The lowest BCUT2D eigenvalue weighted by Gasteiger charge is -2.32. The first-order chi connectivity index (χ1) is 14.7. The summed E-state index contributed by atoms with van der Waals surface area (Å²) in [7, 11) is 4.88. The third kappa shape index (κ3) is 3.75. The monoisotopic (exact) mass is 410 g/mol. The minimum atomic E-state index is -0.217. The maximum absolute atomic E-state index is 13.8. The van der Waals surface area contributed by atoms with E-state index in [9.17, 15) is 4.39 Å². The van der Waals surface area contributed by atoms with Gasteiger partial charge in [-0.15, -0.1) is 0 Å². The third-order valence-electron chi connectivity index (χ3n) is 5.66. The number of halogens is 1. The van der Waals surface area contributed by atoms with E-state index >= 15 is 0 Å². The van der Waals surface area contributed by atoms with E-state index in [2.05, 4.69) is 27.8 Å². The molecule has 30 heavy (non-hydrogen) atoms. The van der Waals surface area contributed by atoms with E-state index in [4.69, 9.17) is 14.2 Å². The van der Waals surface area contributed by atoms with Crippen LogP contribution in [0.3, 0.4) is 0 Å². The fraction of sp³-hybridized carbons (Fsp3) is 0.333. The minimum absolute atomic E-state index is 0.0690. The fourth-order valence-electron chi connectivity index (χ4n) is 4.38. The molecule has 0 aliphatic carbocycles. The molecule has 0 spiro atoms. The Labute approximate surface area is 176 Å². The van der Waals surface area contributed by atoms with Gasteiger partial charge in [0.25, 0.3) is 0 Å². The highest BCUT2D eigenvalue weighted by atomic mass is 19.1. The van der Waals surface area contributed by atoms with Crippen molar-refractivity contribution >= 4 is 0 Å². The zero-order valence-electron chi connectivity index (χ0n) is 17.6. The Balaban J connectivity index is 1.84. The lowest BCUT2D eigenvalue weighted by atomic mass is 9.99. The van der Waals surface area contributed by atoms with Crippen LogP contribution >= 0.6 is 0 Å². The quantitative estimate of drug-likeness (QED) is 0.593. The molecule has 0 fully saturated rings. The van der Waals surface area contributed by atoms with Crippen LogP contribution in [0.25, 0.3) is 0 Å². The predicted molar refractivity (Wildman–Crippen MR) is 114 cm³/mol. The van der Waals surface area contributed by atoms with Gasteiger partial charge in [0.1, 0.15) is 5.82 Å². The Hall–Kier alpha value is -2.99. The molecular formula is C24H27FN2O3. The Kier molecular flexibility index (Phi) is 5.95. The Bertz CT molecular complexity index is 1020. The molecule has 6 heteroatoms. The average molecular weight is 410 g/mol. The molecular weight excluding hydrogens is 383 g/mol. The summed E-state index contributed by atoms with van der Waals surface area (Å²) in [5.74, 6) is 1.64. The van der Waals surface area contributed by atoms with E-state index < -0.39 is 0 Å². The summed E-state index contributed by atoms with van der Waals surface area (Å²) < 4.78 is 33.0. The van der Waals surface area contributed by atoms with Crippen LogP contribution in [-0.2, 0) is 13.1 Å². The van der Waals surface area contributed by atoms with Gasteiger partial charge < -0.3 is 18.8 Å². The van der Waals surface area contributed by atoms with Crippen molar-refractivity contribution in [1.29, 1.82) is 0 Å². The van der Waals surface area contributed by atoms with E-state index in [0.717, 1.165) is 30.6 Å². The van der Waals surface area contributed by atoms with Crippen molar-refractivity contribution < 1.29 is 18.6 Å². The number of aryl methyl sites for hydroxylation is 1. The number of methoxy groups -OCH3 is 3. The maximum Gasteiger partial charge on any atom is 0.203 e. The number of nitrogens with zero attached hydrogens (tertiary/aromatic N) is 2. The molecule has 2 heterocycles. The third-order valence-corrected chi connectivity index (χ3v) is 5.66. The van der Waals surface area contributed by atoms with Crippen LogP contribution in [0.2, 0.25) is 0 Å². The number of benzene rings is 2. The summed E-state index contributed by atoms with van der Waals surface area (Å²) >= 11 is 0. The highest BCUT2D eigenvalue weighted by Gasteiger charge is 2.31. The highest BCUT2D eigenvalue weighted by Crippen LogP contribution is 2.46. The summed E-state index contributed by atoms with van der Waals surface area (Å²) in [4.78, 5) is 2.37. The normalized spacial score (nSPS) is 16.6. The molecule has 1 aliphatic heterocycles. The Morgan fingerprint density at radius 3 is 2.50 bits per heavy atom. The van der Waals surface area contributed by atoms with E-state index in [1.54, 1.807) is 33.5 Å². The largest absolute Gasteiger partial charge is 0.493 e. The second-order valence-corrected chi connectivity index (χ2v) is 7.41. The first kappa shape index (κ1) is 20.3. The Morgan fingerprint density at radius 2 is 1.77 bits per heavy atom. The summed E-state index contributed by atoms with van der Waals surface area (Å²) in [6, 6.07) is 14.9. The summed E-state index contributed by atoms with van der Waals surface area (Å²) in [5, 5.41) is 0. The molecule has 1 aromatic heterocycles. The molecule has 0 bridgehead atoms. The lowest BCUT2D eigenvalue weighted by molar-refractivity contribution is 0.214. The molecule has 5 nitrogen and oxygen atoms in total. The van der Waals surface area contributed by atoms with Gasteiger partial charge in [0.2, 0.25) is 5.75 Å². The molecule has 1 aliphatic rings. The van der Waals surface area contributed by atoms with Crippen LogP contribution in [0.15, 0.2) is 54.7 Å². The van der Waals surface area contributed by atoms with E-state index in [-0.39, 0.29) is 11.9 Å². The first-order valence-electron chi connectivity index (χ1n) is 10.1. The summed E-state index contributed by atoms with van der Waals surface area (Å²) in [5.41, 5.74) is 3.11. The van der Waals surface area contributed by atoms with Crippen molar-refractivity contribution in [2.24, 2.45) is 0 Å². The van der Waals surface area contributed by atoms with E-state index in [1.165, 1.54) is 11.8 Å². The van der Waals surface area contributed by atoms with Crippen LogP contribution in [0, 0.1) is 5.82 Å². The fourth-order valence-corrected chi connectivity index (χ4v) is 4.38. The molecule has 158 valence electrons. The summed E-state index contributed by atoms with van der Waals surface area (Å²) in [6.07, 6.45) is 3.12. The molecule has 3 aromatic rings. The van der Waals surface area contributed by atoms with Gasteiger partial charge in [-0.25, -0.2) is 4.39 Å². The van der Waals surface area contributed by atoms with Gasteiger partial charge in [0.05, 0.1) is 27.4 Å². The minimum Gasteiger partial charge on any atom is -0.493 e. The number of hydrogen-bond donors (Lipinski definition) is 0. The van der Waals surface area contributed by atoms with Gasteiger partial charge in [-0.3, -0.25) is 4.90 Å². The molecule has 0 saturated carbocycles. The molecule has 0 radical (unpaired) electrons. The molecule has 0 N–H and O–H groups in total. The Morgan fingerprint density at radius 1 is 0.933 bits per heavy atom. The van der Waals surface area contributed by atoms with Gasteiger partial charge in [-0.1, -0.05) is 12.1 Å². The number of ether oxygens (including phenoxy) is 3. The molecule has 2 aromatic carbocycles. The van der Waals surface area contributed by atoms with Crippen molar-refractivity contribution in [2.45, 2.75) is 25.6 Å². The predicted octanol–water partition coefficient (Wildman–Crippen LogP) is 4.65. The van der Waals surface area contributed by atoms with Gasteiger partial charge in [-0.2, -0.15) is 0 Å². The number of fused-ring (bicyclic) bond motifs is 1. The topological polar surface area (TPSA) is 35.9 Å². The van der Waals surface area contributed by atoms with Gasteiger partial charge in [-0.05, 0) is 48.4 Å². The number of rotatable bonds is 6. The smallest absolute Gasteiger partial charge is 0.203 e. The van der Waals surface area contributed by atoms with E-state index in [0.29, 0.717) is 23.8 Å². The zero-order valence-corrected chi connectivity index (χ0v) is 17.6. The van der Waals surface area contributed by atoms with Gasteiger partial charge >= 0.3 is 0 Å². The standard InChI is InChI=1S/C24H27FN2O3/c1-28-21-11-10-19(23(29-2)24(21)30-3)22-20-9-5-12-26(20)13-6-14-27(22)16-17-7-4-8-18(25)15-17/h4-5,7-12,15,22H,6,13-14,16H2,1-3H3. The van der Waals surface area contributed by atoms with Crippen LogP contribution in [0.4, 0.5) is 4.39 Å². The first-order valence-corrected chi connectivity index (χ1v) is 10.1. The van der Waals surface area contributed by atoms with Crippen molar-refractivity contribution in [3.05, 3.63) is 77.4 Å². The SMILES string of the molecule is COc1ccc(C2c3cccn3CCCN2Cc2cccc(F)c2)c(OC)c1OC. The van der Waals surface area contributed by atoms with Crippen molar-refractivity contribution in [2.75, 3.05) is 27.9 Å². The molecule has 0 amide bonds. The van der Waals surface area contributed by atoms with Gasteiger partial charge in [0.15, 0.2) is 11.5 Å². The van der Waals surface area contributed by atoms with Crippen molar-refractivity contribution in [1.82, 2.24) is 9.47 Å². The highest BCUT2D eigenvalue weighted by molar-refractivity contribution is 5.58. The lowest BCUT2D eigenvalue weighted by Crippen LogP contribution is -2.30.